The third kappa shape index (κ3) is 5.12. The van der Waals surface area contributed by atoms with Crippen LogP contribution in [0.5, 0.6) is 0 Å². The minimum absolute atomic E-state index is 0.139. The number of carbonyl (C=O) groups excluding carboxylic acids is 1. The summed E-state index contributed by atoms with van der Waals surface area (Å²) < 4.78 is 5.27. The fraction of sp³-hybridized carbons (Fsp3) is 0.222. The smallest absolute Gasteiger partial charge is 0.329 e. The maximum Gasteiger partial charge on any atom is 0.329 e. The quantitative estimate of drug-likeness (QED) is 0.802. The van der Waals surface area contributed by atoms with E-state index in [0.717, 1.165) is 0 Å². The zero-order chi connectivity index (χ0) is 12.8. The monoisotopic (exact) mass is 322 g/mol. The Morgan fingerprint density at radius 3 is 2.88 bits per heavy atom. The number of aliphatic carboxylic acids is 1. The molecule has 0 fully saturated rings. The van der Waals surface area contributed by atoms with Crippen molar-refractivity contribution in [1.29, 1.82) is 0 Å². The van der Waals surface area contributed by atoms with Gasteiger partial charge in [0.05, 0.1) is 5.69 Å². The molecule has 0 atom stereocenters. The molecule has 0 bridgehead atoms. The number of anilines is 1. The molecule has 92 valence electrons. The highest BCUT2D eigenvalue weighted by atomic mass is 79.9. The number of ether oxygens (including phenoxy) is 1. The van der Waals surface area contributed by atoms with Gasteiger partial charge in [0.25, 0.3) is 0 Å². The zero-order valence-corrected chi connectivity index (χ0v) is 10.8. The van der Waals surface area contributed by atoms with Crippen molar-refractivity contribution in [3.8, 4) is 0 Å². The van der Waals surface area contributed by atoms with Crippen molar-refractivity contribution in [2.24, 2.45) is 0 Å². The number of aromatic nitrogens is 1. The Hall–Kier alpha value is -1.18. The minimum atomic E-state index is -1.14. The molecule has 0 aliphatic heterocycles. The van der Waals surface area contributed by atoms with Gasteiger partial charge in [-0.15, -0.1) is 0 Å². The summed E-state index contributed by atoms with van der Waals surface area (Å²) in [7, 11) is 0. The SMILES string of the molecule is O=C(O)COCC(=O)Nc1cc(Br)cnc1Cl. The van der Waals surface area contributed by atoms with E-state index < -0.39 is 18.5 Å². The average Bonchev–Trinajstić information content (AvgIpc) is 2.23. The molecule has 1 aromatic heterocycles. The van der Waals surface area contributed by atoms with E-state index in [1.54, 1.807) is 6.07 Å². The molecular weight excluding hydrogens is 315 g/mol. The molecule has 8 heteroatoms. The van der Waals surface area contributed by atoms with E-state index in [9.17, 15) is 9.59 Å². The summed E-state index contributed by atoms with van der Waals surface area (Å²) in [6, 6.07) is 1.57. The normalized spacial score (nSPS) is 10.0. The second-order valence-electron chi connectivity index (χ2n) is 2.93. The zero-order valence-electron chi connectivity index (χ0n) is 8.44. The molecular formula is C9H8BrClN2O4. The molecule has 1 aromatic rings. The Kier molecular flexibility index (Phi) is 5.33. The first kappa shape index (κ1) is 13.9. The third-order valence-electron chi connectivity index (χ3n) is 1.54. The van der Waals surface area contributed by atoms with Crippen LogP contribution in [0.3, 0.4) is 0 Å². The number of carboxylic acids is 1. The minimum Gasteiger partial charge on any atom is -0.480 e. The first-order chi connectivity index (χ1) is 7.99. The molecule has 1 heterocycles. The molecule has 2 N–H and O–H groups in total. The van der Waals surface area contributed by atoms with Crippen LogP contribution in [0, 0.1) is 0 Å². The van der Waals surface area contributed by atoms with Gasteiger partial charge in [-0.2, -0.15) is 0 Å². The summed E-state index contributed by atoms with van der Waals surface area (Å²) in [4.78, 5) is 25.3. The fourth-order valence-corrected chi connectivity index (χ4v) is 1.41. The van der Waals surface area contributed by atoms with E-state index in [0.29, 0.717) is 10.2 Å². The molecule has 0 saturated carbocycles. The van der Waals surface area contributed by atoms with Crippen molar-refractivity contribution >= 4 is 45.1 Å². The number of amides is 1. The van der Waals surface area contributed by atoms with Gasteiger partial charge < -0.3 is 15.2 Å². The second kappa shape index (κ2) is 6.53. The third-order valence-corrected chi connectivity index (χ3v) is 2.27. The molecule has 0 aromatic carbocycles. The molecule has 6 nitrogen and oxygen atoms in total. The number of hydrogen-bond donors (Lipinski definition) is 2. The van der Waals surface area contributed by atoms with Crippen molar-refractivity contribution in [2.45, 2.75) is 0 Å². The van der Waals surface area contributed by atoms with Crippen LogP contribution in [0.25, 0.3) is 0 Å². The second-order valence-corrected chi connectivity index (χ2v) is 4.20. The van der Waals surface area contributed by atoms with Gasteiger partial charge in [0.15, 0.2) is 5.15 Å². The van der Waals surface area contributed by atoms with Gasteiger partial charge in [0.2, 0.25) is 5.91 Å². The van der Waals surface area contributed by atoms with Crippen LogP contribution in [0.4, 0.5) is 5.69 Å². The van der Waals surface area contributed by atoms with Gasteiger partial charge in [-0.1, -0.05) is 11.6 Å². The number of hydrogen-bond acceptors (Lipinski definition) is 4. The van der Waals surface area contributed by atoms with E-state index in [-0.39, 0.29) is 11.8 Å². The molecule has 1 rings (SSSR count). The summed E-state index contributed by atoms with van der Waals surface area (Å²) in [6.45, 7) is -0.896. The van der Waals surface area contributed by atoms with Gasteiger partial charge in [0.1, 0.15) is 13.2 Å². The van der Waals surface area contributed by atoms with Crippen molar-refractivity contribution < 1.29 is 19.4 Å². The van der Waals surface area contributed by atoms with Crippen molar-refractivity contribution in [3.63, 3.8) is 0 Å². The number of rotatable bonds is 5. The van der Waals surface area contributed by atoms with Gasteiger partial charge in [-0.3, -0.25) is 4.79 Å². The van der Waals surface area contributed by atoms with Crippen molar-refractivity contribution in [1.82, 2.24) is 4.98 Å². The van der Waals surface area contributed by atoms with E-state index >= 15 is 0 Å². The van der Waals surface area contributed by atoms with Crippen LogP contribution in [-0.2, 0) is 14.3 Å². The lowest BCUT2D eigenvalue weighted by Gasteiger charge is -2.06. The summed E-state index contributed by atoms with van der Waals surface area (Å²) in [5.41, 5.74) is 0.324. The first-order valence-corrected chi connectivity index (χ1v) is 5.56. The van der Waals surface area contributed by atoms with Crippen LogP contribution >= 0.6 is 27.5 Å². The number of nitrogens with one attached hydrogen (secondary N) is 1. The van der Waals surface area contributed by atoms with Gasteiger partial charge in [-0.25, -0.2) is 9.78 Å². The predicted molar refractivity (Wildman–Crippen MR) is 64.0 cm³/mol. The Bertz CT molecular complexity index is 441. The lowest BCUT2D eigenvalue weighted by atomic mass is 10.4. The maximum atomic E-state index is 11.3. The van der Waals surface area contributed by atoms with Crippen molar-refractivity contribution in [2.75, 3.05) is 18.5 Å². The van der Waals surface area contributed by atoms with Gasteiger partial charge in [-0.05, 0) is 22.0 Å². The average molecular weight is 324 g/mol. The molecule has 0 saturated heterocycles. The molecule has 0 spiro atoms. The van der Waals surface area contributed by atoms with Gasteiger partial charge in [0, 0.05) is 10.7 Å². The highest BCUT2D eigenvalue weighted by Crippen LogP contribution is 2.22. The molecule has 1 amide bonds. The summed E-state index contributed by atoms with van der Waals surface area (Å²) >= 11 is 8.92. The lowest BCUT2D eigenvalue weighted by Crippen LogP contribution is -2.21. The van der Waals surface area contributed by atoms with Crippen LogP contribution in [0.15, 0.2) is 16.7 Å². The number of halogens is 2. The van der Waals surface area contributed by atoms with Crippen LogP contribution < -0.4 is 5.32 Å². The number of carboxylic acid groups (broad SMARTS) is 1. The molecule has 0 unspecified atom stereocenters. The Labute approximate surface area is 110 Å². The molecule has 0 aliphatic rings. The van der Waals surface area contributed by atoms with E-state index in [2.05, 4.69) is 31.0 Å². The Morgan fingerprint density at radius 1 is 1.53 bits per heavy atom. The molecule has 0 aliphatic carbocycles. The summed E-state index contributed by atoms with van der Waals surface area (Å²) in [6.07, 6.45) is 1.49. The maximum absolute atomic E-state index is 11.3. The molecule has 0 radical (unpaired) electrons. The van der Waals surface area contributed by atoms with Crippen LogP contribution in [-0.4, -0.2) is 35.2 Å². The fourth-order valence-electron chi connectivity index (χ4n) is 0.928. The first-order valence-electron chi connectivity index (χ1n) is 4.39. The van der Waals surface area contributed by atoms with E-state index in [4.69, 9.17) is 16.7 Å². The van der Waals surface area contributed by atoms with Gasteiger partial charge >= 0.3 is 5.97 Å². The molecule has 17 heavy (non-hydrogen) atoms. The summed E-state index contributed by atoms with van der Waals surface area (Å²) in [5, 5.41) is 10.9. The largest absolute Gasteiger partial charge is 0.480 e. The number of pyridine rings is 1. The topological polar surface area (TPSA) is 88.5 Å². The highest BCUT2D eigenvalue weighted by molar-refractivity contribution is 9.10. The highest BCUT2D eigenvalue weighted by Gasteiger charge is 2.08. The Morgan fingerprint density at radius 2 is 2.24 bits per heavy atom. The van der Waals surface area contributed by atoms with Crippen molar-refractivity contribution in [3.05, 3.63) is 21.9 Å². The van der Waals surface area contributed by atoms with E-state index in [1.807, 2.05) is 0 Å². The summed E-state index contributed by atoms with van der Waals surface area (Å²) in [5.74, 6) is -1.65. The van der Waals surface area contributed by atoms with Crippen LogP contribution in [0.1, 0.15) is 0 Å². The predicted octanol–water partition coefficient (Wildman–Crippen LogP) is 1.54. The Balaban J connectivity index is 2.50. The number of carbonyl (C=O) groups is 2. The van der Waals surface area contributed by atoms with Crippen LogP contribution in [0.2, 0.25) is 5.15 Å². The standard InChI is InChI=1S/C9H8BrClN2O4/c10-5-1-6(9(11)12-2-5)13-7(14)3-17-4-8(15)16/h1-2H,3-4H2,(H,13,14)(H,15,16). The number of nitrogens with zero attached hydrogens (tertiary/aromatic N) is 1. The van der Waals surface area contributed by atoms with E-state index in [1.165, 1.54) is 6.20 Å². The lowest BCUT2D eigenvalue weighted by molar-refractivity contribution is -0.143.